The SMILES string of the molecule is C[C@H]1CN(C(=O)c2cc(=O)n(C)c3ccccc23)Cc2nnc(C3CC3)n21. The monoisotopic (exact) mass is 363 g/mol. The Hall–Kier alpha value is -2.96. The third-order valence-corrected chi connectivity index (χ3v) is 5.66. The van der Waals surface area contributed by atoms with Crippen LogP contribution in [0, 0.1) is 0 Å². The molecule has 0 bridgehead atoms. The van der Waals surface area contributed by atoms with Gasteiger partial charge in [-0.2, -0.15) is 0 Å². The maximum absolute atomic E-state index is 13.3. The minimum atomic E-state index is -0.179. The molecule has 0 unspecified atom stereocenters. The Balaban J connectivity index is 1.54. The van der Waals surface area contributed by atoms with Crippen molar-refractivity contribution in [1.82, 2.24) is 24.2 Å². The number of pyridine rings is 1. The van der Waals surface area contributed by atoms with Crippen molar-refractivity contribution in [2.45, 2.75) is 38.3 Å². The van der Waals surface area contributed by atoms with Gasteiger partial charge in [-0.15, -0.1) is 10.2 Å². The van der Waals surface area contributed by atoms with Gasteiger partial charge in [0.2, 0.25) is 0 Å². The third kappa shape index (κ3) is 2.49. The lowest BCUT2D eigenvalue weighted by atomic mass is 10.1. The second-order valence-corrected chi connectivity index (χ2v) is 7.63. The van der Waals surface area contributed by atoms with Crippen LogP contribution in [-0.2, 0) is 13.6 Å². The van der Waals surface area contributed by atoms with E-state index < -0.39 is 0 Å². The van der Waals surface area contributed by atoms with Gasteiger partial charge < -0.3 is 14.0 Å². The molecule has 1 saturated carbocycles. The van der Waals surface area contributed by atoms with E-state index in [4.69, 9.17) is 0 Å². The minimum absolute atomic E-state index is 0.126. The van der Waals surface area contributed by atoms with Crippen molar-refractivity contribution in [1.29, 1.82) is 0 Å². The first-order valence-corrected chi connectivity index (χ1v) is 9.36. The number of nitrogens with zero attached hydrogens (tertiary/aromatic N) is 5. The van der Waals surface area contributed by atoms with Crippen LogP contribution in [0.2, 0.25) is 0 Å². The number of fused-ring (bicyclic) bond motifs is 2. The Labute approximate surface area is 156 Å². The van der Waals surface area contributed by atoms with Gasteiger partial charge in [0, 0.05) is 31.0 Å². The molecule has 27 heavy (non-hydrogen) atoms. The molecule has 1 aromatic carbocycles. The Morgan fingerprint density at radius 1 is 1.19 bits per heavy atom. The van der Waals surface area contributed by atoms with Crippen molar-refractivity contribution < 1.29 is 4.79 Å². The summed E-state index contributed by atoms with van der Waals surface area (Å²) in [5, 5.41) is 9.51. The molecule has 1 atom stereocenters. The van der Waals surface area contributed by atoms with Gasteiger partial charge in [0.05, 0.1) is 23.7 Å². The highest BCUT2D eigenvalue weighted by Crippen LogP contribution is 2.41. The van der Waals surface area contributed by atoms with Crippen LogP contribution in [-0.4, -0.2) is 36.7 Å². The zero-order valence-electron chi connectivity index (χ0n) is 15.4. The number of carbonyl (C=O) groups is 1. The lowest BCUT2D eigenvalue weighted by Crippen LogP contribution is -2.41. The molecule has 138 valence electrons. The largest absolute Gasteiger partial charge is 0.329 e. The quantitative estimate of drug-likeness (QED) is 0.700. The molecule has 0 saturated heterocycles. The Bertz CT molecular complexity index is 1130. The Morgan fingerprint density at radius 3 is 2.74 bits per heavy atom. The van der Waals surface area contributed by atoms with Gasteiger partial charge in [-0.25, -0.2) is 0 Å². The summed E-state index contributed by atoms with van der Waals surface area (Å²) in [5.74, 6) is 2.29. The van der Waals surface area contributed by atoms with Gasteiger partial charge in [0.25, 0.3) is 11.5 Å². The van der Waals surface area contributed by atoms with Gasteiger partial charge in [-0.05, 0) is 25.8 Å². The first kappa shape index (κ1) is 16.2. The van der Waals surface area contributed by atoms with Gasteiger partial charge in [0.15, 0.2) is 5.82 Å². The lowest BCUT2D eigenvalue weighted by molar-refractivity contribution is 0.0681. The van der Waals surface area contributed by atoms with Gasteiger partial charge >= 0.3 is 0 Å². The van der Waals surface area contributed by atoms with Crippen molar-refractivity contribution in [2.24, 2.45) is 7.05 Å². The van der Waals surface area contributed by atoms with Crippen molar-refractivity contribution in [2.75, 3.05) is 6.54 Å². The molecule has 2 aromatic heterocycles. The molecular formula is C20H21N5O2. The molecule has 3 heterocycles. The zero-order chi connectivity index (χ0) is 18.7. The highest BCUT2D eigenvalue weighted by molar-refractivity contribution is 6.06. The molecule has 2 aliphatic rings. The van der Waals surface area contributed by atoms with Gasteiger partial charge in [-0.3, -0.25) is 9.59 Å². The van der Waals surface area contributed by atoms with E-state index in [1.165, 1.54) is 18.9 Å². The second-order valence-electron chi connectivity index (χ2n) is 7.63. The predicted molar refractivity (Wildman–Crippen MR) is 101 cm³/mol. The number of para-hydroxylation sites is 1. The molecule has 5 rings (SSSR count). The molecule has 3 aromatic rings. The number of rotatable bonds is 2. The summed E-state index contributed by atoms with van der Waals surface area (Å²) >= 11 is 0. The number of hydrogen-bond acceptors (Lipinski definition) is 4. The van der Waals surface area contributed by atoms with E-state index >= 15 is 0 Å². The van der Waals surface area contributed by atoms with Crippen molar-refractivity contribution in [3.63, 3.8) is 0 Å². The third-order valence-electron chi connectivity index (χ3n) is 5.66. The van der Waals surface area contributed by atoms with E-state index in [-0.39, 0.29) is 17.5 Å². The molecule has 7 heteroatoms. The molecule has 1 aliphatic heterocycles. The van der Waals surface area contributed by atoms with Crippen molar-refractivity contribution >= 4 is 16.8 Å². The van der Waals surface area contributed by atoms with Crippen LogP contribution in [0.1, 0.15) is 53.7 Å². The molecule has 0 spiro atoms. The van der Waals surface area contributed by atoms with Crippen LogP contribution < -0.4 is 5.56 Å². The number of carbonyl (C=O) groups excluding carboxylic acids is 1. The van der Waals surface area contributed by atoms with Crippen LogP contribution in [0.25, 0.3) is 10.9 Å². The predicted octanol–water partition coefficient (Wildman–Crippen LogP) is 2.22. The minimum Gasteiger partial charge on any atom is -0.329 e. The van der Waals surface area contributed by atoms with Crippen molar-refractivity contribution in [3.8, 4) is 0 Å². The Morgan fingerprint density at radius 2 is 1.96 bits per heavy atom. The summed E-state index contributed by atoms with van der Waals surface area (Å²) in [7, 11) is 1.73. The summed E-state index contributed by atoms with van der Waals surface area (Å²) in [6.45, 7) is 3.11. The van der Waals surface area contributed by atoms with E-state index in [2.05, 4.69) is 21.7 Å². The maximum atomic E-state index is 13.3. The first-order valence-electron chi connectivity index (χ1n) is 9.36. The lowest BCUT2D eigenvalue weighted by Gasteiger charge is -2.33. The smallest absolute Gasteiger partial charge is 0.255 e. The normalized spacial score (nSPS) is 19.3. The van der Waals surface area contributed by atoms with E-state index in [0.29, 0.717) is 24.6 Å². The summed E-state index contributed by atoms with van der Waals surface area (Å²) in [4.78, 5) is 27.4. The molecule has 0 N–H and O–H groups in total. The molecule has 0 radical (unpaired) electrons. The topological polar surface area (TPSA) is 73.0 Å². The molecule has 1 fully saturated rings. The molecule has 7 nitrogen and oxygen atoms in total. The van der Waals surface area contributed by atoms with Crippen LogP contribution in [0.4, 0.5) is 0 Å². The maximum Gasteiger partial charge on any atom is 0.255 e. The van der Waals surface area contributed by atoms with Gasteiger partial charge in [-0.1, -0.05) is 18.2 Å². The number of benzene rings is 1. The average Bonchev–Trinajstić information content (AvgIpc) is 3.43. The molecular weight excluding hydrogens is 342 g/mol. The average molecular weight is 363 g/mol. The standard InChI is InChI=1S/C20H21N5O2/c1-12-10-24(11-17-21-22-19(25(12)17)13-7-8-13)20(27)15-9-18(26)23(2)16-6-4-3-5-14(15)16/h3-6,9,12-13H,7-8,10-11H2,1-2H3/t12-/m0/s1. The number of hydrogen-bond donors (Lipinski definition) is 0. The number of amides is 1. The van der Waals surface area contributed by atoms with Gasteiger partial charge in [0.1, 0.15) is 5.82 Å². The Kier molecular flexibility index (Phi) is 3.47. The first-order chi connectivity index (χ1) is 13.0. The van der Waals surface area contributed by atoms with Crippen LogP contribution in [0.15, 0.2) is 35.1 Å². The summed E-state index contributed by atoms with van der Waals surface area (Å²) in [6, 6.07) is 9.10. The van der Waals surface area contributed by atoms with E-state index in [1.807, 2.05) is 24.3 Å². The van der Waals surface area contributed by atoms with E-state index in [1.54, 1.807) is 16.5 Å². The van der Waals surface area contributed by atoms with Crippen LogP contribution >= 0.6 is 0 Å². The second kappa shape index (κ2) is 5.77. The van der Waals surface area contributed by atoms with Crippen molar-refractivity contribution in [3.05, 3.63) is 57.9 Å². The fourth-order valence-corrected chi connectivity index (χ4v) is 4.09. The molecule has 1 aliphatic carbocycles. The summed E-state index contributed by atoms with van der Waals surface area (Å²) < 4.78 is 3.77. The fourth-order valence-electron chi connectivity index (χ4n) is 4.09. The highest BCUT2D eigenvalue weighted by Gasteiger charge is 2.36. The summed E-state index contributed by atoms with van der Waals surface area (Å²) in [5.41, 5.74) is 1.04. The van der Waals surface area contributed by atoms with Crippen LogP contribution in [0.5, 0.6) is 0 Å². The molecule has 1 amide bonds. The van der Waals surface area contributed by atoms with E-state index in [9.17, 15) is 9.59 Å². The van der Waals surface area contributed by atoms with Crippen LogP contribution in [0.3, 0.4) is 0 Å². The fraction of sp³-hybridized carbons (Fsp3) is 0.400. The zero-order valence-corrected chi connectivity index (χ0v) is 15.4. The highest BCUT2D eigenvalue weighted by atomic mass is 16.2. The number of aryl methyl sites for hydroxylation is 1. The van der Waals surface area contributed by atoms with E-state index in [0.717, 1.165) is 22.6 Å². The number of aromatic nitrogens is 4. The summed E-state index contributed by atoms with van der Waals surface area (Å²) in [6.07, 6.45) is 2.35.